The fourth-order valence-corrected chi connectivity index (χ4v) is 2.87. The van der Waals surface area contributed by atoms with Crippen LogP contribution in [0.15, 0.2) is 9.72 Å². The lowest BCUT2D eigenvalue weighted by molar-refractivity contribution is -0.143. The zero-order valence-corrected chi connectivity index (χ0v) is 10.6. The molecule has 0 N–H and O–H groups in total. The van der Waals surface area contributed by atoms with Crippen LogP contribution in [0.2, 0.25) is 0 Å². The smallest absolute Gasteiger partial charge is 0.305 e. The zero-order valence-electron chi connectivity index (χ0n) is 8.99. The van der Waals surface area contributed by atoms with E-state index in [1.54, 1.807) is 23.1 Å². The molecular formula is C10H15NO2S2. The SMILES string of the molecule is CCOC(=O)CCCSc1nc(C)cs1. The van der Waals surface area contributed by atoms with Crippen molar-refractivity contribution in [3.05, 3.63) is 11.1 Å². The number of thioether (sulfide) groups is 1. The number of hydrogen-bond acceptors (Lipinski definition) is 5. The maximum absolute atomic E-state index is 11.0. The topological polar surface area (TPSA) is 39.2 Å². The van der Waals surface area contributed by atoms with Crippen molar-refractivity contribution in [2.75, 3.05) is 12.4 Å². The van der Waals surface area contributed by atoms with Crippen LogP contribution in [0.1, 0.15) is 25.5 Å². The normalized spacial score (nSPS) is 10.3. The molecule has 0 aromatic carbocycles. The molecular weight excluding hydrogens is 230 g/mol. The molecule has 0 fully saturated rings. The second-order valence-electron chi connectivity index (χ2n) is 3.01. The van der Waals surface area contributed by atoms with Crippen molar-refractivity contribution >= 4 is 29.1 Å². The van der Waals surface area contributed by atoms with E-state index in [9.17, 15) is 4.79 Å². The summed E-state index contributed by atoms with van der Waals surface area (Å²) >= 11 is 3.36. The second kappa shape index (κ2) is 6.85. The van der Waals surface area contributed by atoms with Gasteiger partial charge in [0.15, 0.2) is 0 Å². The summed E-state index contributed by atoms with van der Waals surface area (Å²) in [6.07, 6.45) is 1.35. The van der Waals surface area contributed by atoms with Crippen molar-refractivity contribution in [3.63, 3.8) is 0 Å². The molecule has 0 saturated heterocycles. The standard InChI is InChI=1S/C10H15NO2S2/c1-3-13-9(12)5-4-6-14-10-11-8(2)7-15-10/h7H,3-6H2,1-2H3. The van der Waals surface area contributed by atoms with Gasteiger partial charge in [0.2, 0.25) is 0 Å². The molecule has 0 amide bonds. The Morgan fingerprint density at radius 3 is 3.07 bits per heavy atom. The Hall–Kier alpha value is -0.550. The minimum Gasteiger partial charge on any atom is -0.466 e. The number of ether oxygens (including phenoxy) is 1. The van der Waals surface area contributed by atoms with Gasteiger partial charge in [-0.2, -0.15) is 0 Å². The number of rotatable bonds is 6. The van der Waals surface area contributed by atoms with Crippen LogP contribution >= 0.6 is 23.1 Å². The van der Waals surface area contributed by atoms with Gasteiger partial charge >= 0.3 is 5.97 Å². The third kappa shape index (κ3) is 5.18. The average Bonchev–Trinajstić information content (AvgIpc) is 2.60. The van der Waals surface area contributed by atoms with E-state index in [1.807, 2.05) is 19.2 Å². The Morgan fingerprint density at radius 1 is 1.67 bits per heavy atom. The number of aromatic nitrogens is 1. The maximum atomic E-state index is 11.0. The molecule has 0 spiro atoms. The van der Waals surface area contributed by atoms with Crippen LogP contribution in [0.3, 0.4) is 0 Å². The summed E-state index contributed by atoms with van der Waals surface area (Å²) in [6, 6.07) is 0. The highest BCUT2D eigenvalue weighted by Crippen LogP contribution is 2.23. The van der Waals surface area contributed by atoms with E-state index in [0.29, 0.717) is 13.0 Å². The van der Waals surface area contributed by atoms with Crippen molar-refractivity contribution in [3.8, 4) is 0 Å². The molecule has 0 bridgehead atoms. The molecule has 84 valence electrons. The van der Waals surface area contributed by atoms with Gasteiger partial charge in [-0.05, 0) is 20.3 Å². The summed E-state index contributed by atoms with van der Waals surface area (Å²) in [5.41, 5.74) is 1.06. The fourth-order valence-electron chi connectivity index (χ4n) is 1.01. The first-order chi connectivity index (χ1) is 7.22. The molecule has 0 radical (unpaired) electrons. The number of carbonyl (C=O) groups is 1. The predicted molar refractivity (Wildman–Crippen MR) is 63.4 cm³/mol. The second-order valence-corrected chi connectivity index (χ2v) is 5.21. The Balaban J connectivity index is 2.09. The lowest BCUT2D eigenvalue weighted by atomic mass is 10.3. The molecule has 1 aromatic heterocycles. The molecule has 3 nitrogen and oxygen atoms in total. The molecule has 0 aliphatic rings. The van der Waals surface area contributed by atoms with Gasteiger partial charge < -0.3 is 4.74 Å². The van der Waals surface area contributed by atoms with Crippen molar-refractivity contribution in [1.82, 2.24) is 4.98 Å². The first-order valence-corrected chi connectivity index (χ1v) is 6.79. The molecule has 5 heteroatoms. The molecule has 1 aromatic rings. The number of nitrogens with zero attached hydrogens (tertiary/aromatic N) is 1. The van der Waals surface area contributed by atoms with Gasteiger partial charge in [0.1, 0.15) is 4.34 Å². The van der Waals surface area contributed by atoms with E-state index in [-0.39, 0.29) is 5.97 Å². The Morgan fingerprint density at radius 2 is 2.47 bits per heavy atom. The van der Waals surface area contributed by atoms with Gasteiger partial charge in [0, 0.05) is 23.2 Å². The van der Waals surface area contributed by atoms with Crippen LogP contribution in [0, 0.1) is 6.92 Å². The Labute approximate surface area is 98.2 Å². The van der Waals surface area contributed by atoms with Crippen molar-refractivity contribution in [1.29, 1.82) is 0 Å². The number of aryl methyl sites for hydroxylation is 1. The number of thiazole rings is 1. The number of esters is 1. The van der Waals surface area contributed by atoms with E-state index < -0.39 is 0 Å². The zero-order chi connectivity index (χ0) is 11.1. The predicted octanol–water partition coefficient (Wildman–Crippen LogP) is 2.89. The highest BCUT2D eigenvalue weighted by Gasteiger charge is 2.03. The van der Waals surface area contributed by atoms with Crippen LogP contribution in [-0.2, 0) is 9.53 Å². The third-order valence-electron chi connectivity index (χ3n) is 1.65. The van der Waals surface area contributed by atoms with Gasteiger partial charge in [0.05, 0.1) is 6.61 Å². The largest absolute Gasteiger partial charge is 0.466 e. The number of hydrogen-bond donors (Lipinski definition) is 0. The maximum Gasteiger partial charge on any atom is 0.305 e. The quantitative estimate of drug-likeness (QED) is 0.439. The van der Waals surface area contributed by atoms with E-state index in [2.05, 4.69) is 4.98 Å². The molecule has 1 heterocycles. The first-order valence-electron chi connectivity index (χ1n) is 4.93. The van der Waals surface area contributed by atoms with Crippen LogP contribution < -0.4 is 0 Å². The molecule has 0 aliphatic carbocycles. The molecule has 1 rings (SSSR count). The highest BCUT2D eigenvalue weighted by molar-refractivity contribution is 8.00. The van der Waals surface area contributed by atoms with Crippen LogP contribution in [0.5, 0.6) is 0 Å². The van der Waals surface area contributed by atoms with Gasteiger partial charge in [-0.3, -0.25) is 4.79 Å². The van der Waals surface area contributed by atoms with Gasteiger partial charge in [-0.25, -0.2) is 4.98 Å². The van der Waals surface area contributed by atoms with Gasteiger partial charge in [0.25, 0.3) is 0 Å². The molecule has 0 saturated carbocycles. The van der Waals surface area contributed by atoms with Crippen LogP contribution in [0.4, 0.5) is 0 Å². The molecule has 0 aliphatic heterocycles. The van der Waals surface area contributed by atoms with Crippen molar-refractivity contribution < 1.29 is 9.53 Å². The summed E-state index contributed by atoms with van der Waals surface area (Å²) in [6.45, 7) is 4.28. The van der Waals surface area contributed by atoms with Crippen molar-refractivity contribution in [2.45, 2.75) is 31.0 Å². The molecule has 0 atom stereocenters. The minimum absolute atomic E-state index is 0.103. The Kier molecular flexibility index (Phi) is 5.71. The Bertz CT molecular complexity index is 312. The van der Waals surface area contributed by atoms with Crippen molar-refractivity contribution in [2.24, 2.45) is 0 Å². The molecule has 15 heavy (non-hydrogen) atoms. The van der Waals surface area contributed by atoms with Crippen LogP contribution in [-0.4, -0.2) is 23.3 Å². The summed E-state index contributed by atoms with van der Waals surface area (Å²) in [5.74, 6) is 0.819. The molecule has 0 unspecified atom stereocenters. The summed E-state index contributed by atoms with van der Waals surface area (Å²) in [7, 11) is 0. The van der Waals surface area contributed by atoms with E-state index in [0.717, 1.165) is 22.2 Å². The van der Waals surface area contributed by atoms with E-state index in [4.69, 9.17) is 4.74 Å². The van der Waals surface area contributed by atoms with Gasteiger partial charge in [-0.15, -0.1) is 11.3 Å². The number of carbonyl (C=O) groups excluding carboxylic acids is 1. The minimum atomic E-state index is -0.103. The highest BCUT2D eigenvalue weighted by atomic mass is 32.2. The fraction of sp³-hybridized carbons (Fsp3) is 0.600. The first kappa shape index (κ1) is 12.5. The summed E-state index contributed by atoms with van der Waals surface area (Å²) in [5, 5.41) is 2.04. The van der Waals surface area contributed by atoms with E-state index in [1.165, 1.54) is 0 Å². The van der Waals surface area contributed by atoms with Crippen LogP contribution in [0.25, 0.3) is 0 Å². The summed E-state index contributed by atoms with van der Waals surface area (Å²) in [4.78, 5) is 15.3. The average molecular weight is 245 g/mol. The summed E-state index contributed by atoms with van der Waals surface area (Å²) < 4.78 is 5.92. The van der Waals surface area contributed by atoms with E-state index >= 15 is 0 Å². The van der Waals surface area contributed by atoms with Gasteiger partial charge in [-0.1, -0.05) is 11.8 Å². The lowest BCUT2D eigenvalue weighted by Crippen LogP contribution is -2.03. The monoisotopic (exact) mass is 245 g/mol. The third-order valence-corrected chi connectivity index (χ3v) is 3.88. The lowest BCUT2D eigenvalue weighted by Gasteiger charge is -2.00.